The number of carbonyl (C=O) groups is 1. The van der Waals surface area contributed by atoms with Gasteiger partial charge < -0.3 is 18.4 Å². The average Bonchev–Trinajstić information content (AvgIpc) is 2.83. The first kappa shape index (κ1) is 28.0. The highest BCUT2D eigenvalue weighted by atomic mass is 28.4. The third kappa shape index (κ3) is 8.51. The van der Waals surface area contributed by atoms with Crippen molar-refractivity contribution in [3.05, 3.63) is 60.2 Å². The molecule has 0 saturated carbocycles. The van der Waals surface area contributed by atoms with Gasteiger partial charge in [0, 0.05) is 26.4 Å². The van der Waals surface area contributed by atoms with Crippen LogP contribution < -0.4 is 0 Å². The normalized spacial score (nSPS) is 11.4. The fourth-order valence-electron chi connectivity index (χ4n) is 3.57. The van der Waals surface area contributed by atoms with Gasteiger partial charge in [-0.25, -0.2) is 4.79 Å². The van der Waals surface area contributed by atoms with E-state index in [0.29, 0.717) is 5.56 Å². The van der Waals surface area contributed by atoms with Crippen molar-refractivity contribution < 1.29 is 23.2 Å². The summed E-state index contributed by atoms with van der Waals surface area (Å²) in [5.41, 5.74) is 0.388. The number of aromatic carboxylic acids is 1. The molecule has 0 saturated heterocycles. The maximum Gasteiger partial charge on any atom is 0.497 e. The molecule has 0 amide bonds. The highest BCUT2D eigenvalue weighted by Crippen LogP contribution is 2.28. The summed E-state index contributed by atoms with van der Waals surface area (Å²) in [7, 11) is -2.36. The first-order valence-electron chi connectivity index (χ1n) is 12.5. The molecule has 0 radical (unpaired) electrons. The number of carboxylic acid groups (broad SMARTS) is 1. The molecule has 3 aromatic carbocycles. The third-order valence-electron chi connectivity index (χ3n) is 5.57. The minimum atomic E-state index is -2.36. The van der Waals surface area contributed by atoms with Crippen LogP contribution in [-0.2, 0) is 13.3 Å². The predicted octanol–water partition coefficient (Wildman–Crippen LogP) is 7.70. The lowest BCUT2D eigenvalue weighted by atomic mass is 9.97. The molecule has 186 valence electrons. The minimum Gasteiger partial charge on any atom is -0.478 e. The summed E-state index contributed by atoms with van der Waals surface area (Å²) in [5.74, 6) is -0.877. The monoisotopic (exact) mass is 484 g/mol. The van der Waals surface area contributed by atoms with Gasteiger partial charge in [0.2, 0.25) is 0 Å². The lowest BCUT2D eigenvalue weighted by molar-refractivity contribution is 0.0627. The Morgan fingerprint density at radius 3 is 1.47 bits per heavy atom. The van der Waals surface area contributed by atoms with E-state index in [1.165, 1.54) is 0 Å². The lowest BCUT2D eigenvalue weighted by Gasteiger charge is -2.26. The molecule has 1 N–H and O–H groups in total. The summed E-state index contributed by atoms with van der Waals surface area (Å²) in [6, 6.07) is 17.2. The van der Waals surface area contributed by atoms with Crippen molar-refractivity contribution in [2.24, 2.45) is 0 Å². The fraction of sp³-hybridized carbons (Fsp3) is 0.464. The standard InChI is InChI=1S/C15H10O2.C13H30O3Si/c16-15(17)14-12-7-3-1-5-10(12)9-11-6-2-4-8-13(11)14;1-5-8-11-14-17(4,15-12-9-6-2)16-13-10-7-3/h1-9H,(H,16,17);5-13H2,1-4H3. The van der Waals surface area contributed by atoms with Crippen LogP contribution in [0.25, 0.3) is 21.5 Å². The molecule has 0 aromatic heterocycles. The van der Waals surface area contributed by atoms with E-state index in [4.69, 9.17) is 13.3 Å². The highest BCUT2D eigenvalue weighted by molar-refractivity contribution is 6.59. The lowest BCUT2D eigenvalue weighted by Crippen LogP contribution is -2.43. The molecular formula is C28H40O5Si. The average molecular weight is 485 g/mol. The number of hydrogen-bond donors (Lipinski definition) is 1. The molecule has 34 heavy (non-hydrogen) atoms. The van der Waals surface area contributed by atoms with Crippen LogP contribution in [-0.4, -0.2) is 39.7 Å². The van der Waals surface area contributed by atoms with E-state index in [1.807, 2.05) is 61.1 Å². The van der Waals surface area contributed by atoms with Crippen molar-refractivity contribution in [3.8, 4) is 0 Å². The predicted molar refractivity (Wildman–Crippen MR) is 143 cm³/mol. The molecule has 0 unspecified atom stereocenters. The van der Waals surface area contributed by atoms with Crippen molar-refractivity contribution >= 4 is 36.3 Å². The maximum absolute atomic E-state index is 11.4. The SMILES string of the molecule is CCCCO[Si](C)(OCCCC)OCCCC.O=C(O)c1c2ccccc2cc2ccccc12. The second-order valence-electron chi connectivity index (χ2n) is 8.47. The smallest absolute Gasteiger partial charge is 0.478 e. The Labute approximate surface area is 205 Å². The summed E-state index contributed by atoms with van der Waals surface area (Å²) < 4.78 is 17.6. The zero-order chi connectivity index (χ0) is 24.8. The van der Waals surface area contributed by atoms with Crippen molar-refractivity contribution in [2.45, 2.75) is 65.8 Å². The summed E-state index contributed by atoms with van der Waals surface area (Å²) >= 11 is 0. The molecule has 0 fully saturated rings. The second-order valence-corrected chi connectivity index (χ2v) is 11.1. The van der Waals surface area contributed by atoms with Gasteiger partial charge >= 0.3 is 14.8 Å². The summed E-state index contributed by atoms with van der Waals surface area (Å²) in [6.07, 6.45) is 6.68. The molecule has 0 bridgehead atoms. The van der Waals surface area contributed by atoms with Gasteiger partial charge in [-0.2, -0.15) is 0 Å². The largest absolute Gasteiger partial charge is 0.497 e. The van der Waals surface area contributed by atoms with Gasteiger partial charge in [-0.05, 0) is 46.9 Å². The van der Waals surface area contributed by atoms with Gasteiger partial charge in [0.1, 0.15) is 0 Å². The topological polar surface area (TPSA) is 65.0 Å². The fourth-order valence-corrected chi connectivity index (χ4v) is 5.37. The van der Waals surface area contributed by atoms with Crippen molar-refractivity contribution in [1.82, 2.24) is 0 Å². The van der Waals surface area contributed by atoms with E-state index >= 15 is 0 Å². The first-order valence-corrected chi connectivity index (χ1v) is 14.7. The minimum absolute atomic E-state index is 0.388. The molecule has 0 atom stereocenters. The molecule has 3 aromatic rings. The zero-order valence-corrected chi connectivity index (χ0v) is 22.1. The van der Waals surface area contributed by atoms with E-state index in [-0.39, 0.29) is 0 Å². The Morgan fingerprint density at radius 1 is 0.735 bits per heavy atom. The van der Waals surface area contributed by atoms with E-state index < -0.39 is 14.8 Å². The molecule has 6 heteroatoms. The molecule has 3 rings (SSSR count). The van der Waals surface area contributed by atoms with Crippen LogP contribution in [0.5, 0.6) is 0 Å². The van der Waals surface area contributed by atoms with Crippen LogP contribution in [0.15, 0.2) is 54.6 Å². The van der Waals surface area contributed by atoms with Crippen LogP contribution in [0, 0.1) is 0 Å². The van der Waals surface area contributed by atoms with E-state index in [1.54, 1.807) is 0 Å². The molecule has 0 spiro atoms. The molecule has 5 nitrogen and oxygen atoms in total. The van der Waals surface area contributed by atoms with Crippen LogP contribution >= 0.6 is 0 Å². The number of hydrogen-bond acceptors (Lipinski definition) is 4. The van der Waals surface area contributed by atoms with Gasteiger partial charge in [0.15, 0.2) is 0 Å². The Bertz CT molecular complexity index is 939. The van der Waals surface area contributed by atoms with Crippen LogP contribution in [0.2, 0.25) is 6.55 Å². The van der Waals surface area contributed by atoms with Gasteiger partial charge in [-0.1, -0.05) is 88.6 Å². The Hall–Kier alpha value is -2.25. The molecule has 0 aliphatic heterocycles. The van der Waals surface area contributed by atoms with Crippen LogP contribution in [0.3, 0.4) is 0 Å². The number of benzene rings is 3. The van der Waals surface area contributed by atoms with Gasteiger partial charge in [0.25, 0.3) is 0 Å². The van der Waals surface area contributed by atoms with E-state index in [2.05, 4.69) is 20.8 Å². The van der Waals surface area contributed by atoms with Gasteiger partial charge in [-0.3, -0.25) is 0 Å². The summed E-state index contributed by atoms with van der Waals surface area (Å²) in [5, 5.41) is 12.9. The van der Waals surface area contributed by atoms with Crippen molar-refractivity contribution in [2.75, 3.05) is 19.8 Å². The third-order valence-corrected chi connectivity index (χ3v) is 7.76. The molecule has 0 aliphatic carbocycles. The Morgan fingerprint density at radius 2 is 1.12 bits per heavy atom. The van der Waals surface area contributed by atoms with Gasteiger partial charge in [0.05, 0.1) is 5.56 Å². The molecule has 0 aliphatic rings. The zero-order valence-electron chi connectivity index (χ0n) is 21.1. The highest BCUT2D eigenvalue weighted by Gasteiger charge is 2.34. The maximum atomic E-state index is 11.4. The van der Waals surface area contributed by atoms with E-state index in [0.717, 1.165) is 79.9 Å². The van der Waals surface area contributed by atoms with Gasteiger partial charge in [-0.15, -0.1) is 0 Å². The van der Waals surface area contributed by atoms with E-state index in [9.17, 15) is 9.90 Å². The molecular weight excluding hydrogens is 444 g/mol. The quantitative estimate of drug-likeness (QED) is 0.153. The second kappa shape index (κ2) is 14.9. The van der Waals surface area contributed by atoms with Crippen LogP contribution in [0.4, 0.5) is 0 Å². The Kier molecular flexibility index (Phi) is 12.3. The Balaban J connectivity index is 0.000000240. The number of rotatable bonds is 13. The number of carboxylic acids is 1. The summed E-state index contributed by atoms with van der Waals surface area (Å²) in [4.78, 5) is 11.4. The van der Waals surface area contributed by atoms with Crippen molar-refractivity contribution in [3.63, 3.8) is 0 Å². The van der Waals surface area contributed by atoms with Crippen LogP contribution in [0.1, 0.15) is 69.7 Å². The molecule has 0 heterocycles. The number of fused-ring (bicyclic) bond motifs is 2. The first-order chi connectivity index (χ1) is 16.5. The van der Waals surface area contributed by atoms with Crippen molar-refractivity contribution in [1.29, 1.82) is 0 Å². The summed E-state index contributed by atoms with van der Waals surface area (Å²) in [6.45, 7) is 10.8. The number of unbranched alkanes of at least 4 members (excludes halogenated alkanes) is 3.